The van der Waals surface area contributed by atoms with Crippen LogP contribution in [0.5, 0.6) is 0 Å². The molecule has 35 heavy (non-hydrogen) atoms. The van der Waals surface area contributed by atoms with Crippen LogP contribution < -0.4 is 21.1 Å². The summed E-state index contributed by atoms with van der Waals surface area (Å²) in [7, 11) is 0. The summed E-state index contributed by atoms with van der Waals surface area (Å²) in [6.07, 6.45) is -5.05. The summed E-state index contributed by atoms with van der Waals surface area (Å²) in [5.74, 6) is -3.12. The highest BCUT2D eigenvalue weighted by Crippen LogP contribution is 2.30. The summed E-state index contributed by atoms with van der Waals surface area (Å²) < 4.78 is 70.3. The Kier molecular flexibility index (Phi) is 9.13. The number of hydrogen-bond donors (Lipinski definition) is 3. The molecule has 15 heteroatoms. The first-order chi connectivity index (χ1) is 16.6. The molecule has 196 valence electrons. The number of carbonyl (C=O) groups excluding carboxylic acids is 2. The highest BCUT2D eigenvalue weighted by molar-refractivity contribution is 5.80. The Morgan fingerprint density at radius 1 is 1.23 bits per heavy atom. The molecular weight excluding hydrogens is 481 g/mol. The minimum Gasteiger partial charge on any atom is -0.379 e. The largest absolute Gasteiger partial charge is 0.402 e. The van der Waals surface area contributed by atoms with Gasteiger partial charge in [-0.3, -0.25) is 15.0 Å². The molecule has 0 radical (unpaired) electrons. The quantitative estimate of drug-likeness (QED) is 0.329. The number of alkyl halides is 5. The Hall–Kier alpha value is -2.65. The van der Waals surface area contributed by atoms with Gasteiger partial charge in [0.2, 0.25) is 17.8 Å². The number of carbonyl (C=O) groups is 2. The molecule has 0 bridgehead atoms. The Morgan fingerprint density at radius 3 is 2.49 bits per heavy atom. The third-order valence-corrected chi connectivity index (χ3v) is 5.72. The lowest BCUT2D eigenvalue weighted by Gasteiger charge is -2.35. The van der Waals surface area contributed by atoms with E-state index in [1.807, 2.05) is 5.43 Å². The number of hydrazine groups is 1. The Labute approximate surface area is 198 Å². The first-order valence-corrected chi connectivity index (χ1v) is 11.1. The number of nitrogens with one attached hydrogen (secondary N) is 3. The van der Waals surface area contributed by atoms with Crippen molar-refractivity contribution in [2.24, 2.45) is 5.92 Å². The number of anilines is 1. The fourth-order valence-corrected chi connectivity index (χ4v) is 3.91. The molecule has 2 aliphatic heterocycles. The average molecular weight is 509 g/mol. The van der Waals surface area contributed by atoms with E-state index in [1.165, 1.54) is 0 Å². The maximum absolute atomic E-state index is 13.2. The van der Waals surface area contributed by atoms with Crippen LogP contribution >= 0.6 is 0 Å². The SMILES string of the molecule is C[C@@H](COCCC(=O)N1CCN(c2ncc(C(F)F)cn2)CC1)NC1CNNC(=O)C1C(F)(F)F. The molecule has 3 N–H and O–H groups in total. The number of piperazine rings is 1. The van der Waals surface area contributed by atoms with E-state index in [0.29, 0.717) is 32.1 Å². The molecule has 1 aromatic heterocycles. The first-order valence-electron chi connectivity index (χ1n) is 11.1. The van der Waals surface area contributed by atoms with Crippen molar-refractivity contribution in [1.29, 1.82) is 0 Å². The lowest BCUT2D eigenvalue weighted by molar-refractivity contribution is -0.193. The van der Waals surface area contributed by atoms with Gasteiger partial charge in [0.1, 0.15) is 0 Å². The molecule has 2 unspecified atom stereocenters. The molecule has 2 amide bonds. The van der Waals surface area contributed by atoms with Crippen LogP contribution in [0.2, 0.25) is 0 Å². The maximum Gasteiger partial charge on any atom is 0.402 e. The van der Waals surface area contributed by atoms with E-state index in [-0.39, 0.29) is 37.6 Å². The molecular formula is C20H28F5N7O3. The van der Waals surface area contributed by atoms with Gasteiger partial charge < -0.3 is 19.9 Å². The van der Waals surface area contributed by atoms with Crippen LogP contribution in [-0.2, 0) is 14.3 Å². The Bertz CT molecular complexity index is 851. The van der Waals surface area contributed by atoms with Crippen molar-refractivity contribution in [3.05, 3.63) is 18.0 Å². The molecule has 3 heterocycles. The van der Waals surface area contributed by atoms with E-state index >= 15 is 0 Å². The van der Waals surface area contributed by atoms with Gasteiger partial charge in [-0.05, 0) is 6.92 Å². The lowest BCUT2D eigenvalue weighted by atomic mass is 9.96. The molecule has 2 aliphatic rings. The van der Waals surface area contributed by atoms with Gasteiger partial charge in [-0.2, -0.15) is 13.2 Å². The molecule has 2 saturated heterocycles. The molecule has 0 spiro atoms. The summed E-state index contributed by atoms with van der Waals surface area (Å²) >= 11 is 0. The number of hydrogen-bond acceptors (Lipinski definition) is 8. The first kappa shape index (κ1) is 26.9. The van der Waals surface area contributed by atoms with Gasteiger partial charge in [-0.15, -0.1) is 0 Å². The van der Waals surface area contributed by atoms with Crippen LogP contribution in [-0.4, -0.2) is 90.9 Å². The van der Waals surface area contributed by atoms with Crippen LogP contribution in [0, 0.1) is 5.92 Å². The molecule has 0 aliphatic carbocycles. The molecule has 0 aromatic carbocycles. The summed E-state index contributed by atoms with van der Waals surface area (Å²) in [6.45, 7) is 3.42. The summed E-state index contributed by atoms with van der Waals surface area (Å²) in [4.78, 5) is 35.4. The van der Waals surface area contributed by atoms with E-state index < -0.39 is 36.5 Å². The zero-order valence-corrected chi connectivity index (χ0v) is 19.0. The third kappa shape index (κ3) is 7.41. The van der Waals surface area contributed by atoms with Gasteiger partial charge in [0.25, 0.3) is 6.43 Å². The number of ether oxygens (including phenoxy) is 1. The van der Waals surface area contributed by atoms with Gasteiger partial charge in [0.05, 0.1) is 25.2 Å². The second-order valence-electron chi connectivity index (χ2n) is 8.37. The van der Waals surface area contributed by atoms with Gasteiger partial charge in [0.15, 0.2) is 5.92 Å². The van der Waals surface area contributed by atoms with E-state index in [1.54, 1.807) is 16.7 Å². The van der Waals surface area contributed by atoms with Crippen molar-refractivity contribution in [2.75, 3.05) is 50.8 Å². The molecule has 10 nitrogen and oxygen atoms in total. The van der Waals surface area contributed by atoms with Crippen molar-refractivity contribution in [1.82, 2.24) is 31.0 Å². The van der Waals surface area contributed by atoms with Gasteiger partial charge >= 0.3 is 6.18 Å². The van der Waals surface area contributed by atoms with E-state index in [2.05, 4.69) is 20.7 Å². The van der Waals surface area contributed by atoms with Gasteiger partial charge in [-0.25, -0.2) is 24.2 Å². The van der Waals surface area contributed by atoms with Crippen molar-refractivity contribution < 1.29 is 36.3 Å². The van der Waals surface area contributed by atoms with Crippen LogP contribution in [0.25, 0.3) is 0 Å². The van der Waals surface area contributed by atoms with E-state index in [0.717, 1.165) is 12.4 Å². The van der Waals surface area contributed by atoms with Gasteiger partial charge in [-0.1, -0.05) is 0 Å². The topological polar surface area (TPSA) is 112 Å². The molecule has 0 saturated carbocycles. The minimum absolute atomic E-state index is 0.0652. The molecule has 2 fully saturated rings. The monoisotopic (exact) mass is 509 g/mol. The van der Waals surface area contributed by atoms with Crippen LogP contribution in [0.4, 0.5) is 27.9 Å². The fourth-order valence-electron chi connectivity index (χ4n) is 3.91. The zero-order valence-electron chi connectivity index (χ0n) is 19.0. The second kappa shape index (κ2) is 11.9. The fraction of sp³-hybridized carbons (Fsp3) is 0.700. The number of halogens is 5. The molecule has 3 rings (SSSR count). The number of amides is 2. The van der Waals surface area contributed by atoms with Crippen LogP contribution in [0.3, 0.4) is 0 Å². The van der Waals surface area contributed by atoms with Crippen molar-refractivity contribution in [3.63, 3.8) is 0 Å². The highest BCUT2D eigenvalue weighted by atomic mass is 19.4. The Balaban J connectivity index is 1.35. The maximum atomic E-state index is 13.2. The number of rotatable bonds is 9. The van der Waals surface area contributed by atoms with Crippen LogP contribution in [0.15, 0.2) is 12.4 Å². The van der Waals surface area contributed by atoms with E-state index in [9.17, 15) is 31.5 Å². The van der Waals surface area contributed by atoms with Crippen LogP contribution in [0.1, 0.15) is 25.3 Å². The lowest BCUT2D eigenvalue weighted by Crippen LogP contribution is -2.64. The third-order valence-electron chi connectivity index (χ3n) is 5.72. The van der Waals surface area contributed by atoms with Crippen molar-refractivity contribution in [3.8, 4) is 0 Å². The van der Waals surface area contributed by atoms with Crippen molar-refractivity contribution >= 4 is 17.8 Å². The zero-order chi connectivity index (χ0) is 25.6. The second-order valence-corrected chi connectivity index (χ2v) is 8.37. The predicted molar refractivity (Wildman–Crippen MR) is 113 cm³/mol. The van der Waals surface area contributed by atoms with Crippen molar-refractivity contribution in [2.45, 2.75) is 38.0 Å². The van der Waals surface area contributed by atoms with Gasteiger partial charge in [0, 0.05) is 57.2 Å². The molecule has 3 atom stereocenters. The summed E-state index contributed by atoms with van der Waals surface area (Å²) in [5, 5.41) is 2.76. The normalized spacial score (nSPS) is 22.3. The Morgan fingerprint density at radius 2 is 1.89 bits per heavy atom. The minimum atomic E-state index is -4.68. The molecule has 1 aromatic rings. The smallest absolute Gasteiger partial charge is 0.379 e. The number of aromatic nitrogens is 2. The standard InChI is InChI=1S/C20H28F5N7O3/c1-12(29-14-10-28-30-18(34)16(14)20(23,24)25)11-35-7-2-15(33)31-3-5-32(6-4-31)19-26-8-13(9-27-19)17(21)22/h8-9,12,14,16-17,28-29H,2-7,10-11H2,1H3,(H,30,34)/t12-,14?,16?/m0/s1. The summed E-state index contributed by atoms with van der Waals surface area (Å²) in [5.41, 5.74) is 4.18. The predicted octanol–water partition coefficient (Wildman–Crippen LogP) is 0.629. The average Bonchev–Trinajstić information content (AvgIpc) is 2.81. The number of nitrogens with zero attached hydrogens (tertiary/aromatic N) is 4. The summed E-state index contributed by atoms with van der Waals surface area (Å²) in [6, 6.07) is -1.62. The highest BCUT2D eigenvalue weighted by Gasteiger charge is 2.51. The van der Waals surface area contributed by atoms with E-state index in [4.69, 9.17) is 4.74 Å².